The zero-order valence-corrected chi connectivity index (χ0v) is 7.75. The van der Waals surface area contributed by atoms with Crippen LogP contribution in [0.15, 0.2) is 6.07 Å². The third kappa shape index (κ3) is 2.74. The van der Waals surface area contributed by atoms with E-state index >= 15 is 0 Å². The molecule has 0 aliphatic carbocycles. The molecule has 0 saturated heterocycles. The van der Waals surface area contributed by atoms with Gasteiger partial charge in [0.05, 0.1) is 6.61 Å². The molecule has 16 heavy (non-hydrogen) atoms. The highest BCUT2D eigenvalue weighted by molar-refractivity contribution is 5.51. The summed E-state index contributed by atoms with van der Waals surface area (Å²) in [5.74, 6) is -1.30. The lowest BCUT2D eigenvalue weighted by Gasteiger charge is -2.11. The van der Waals surface area contributed by atoms with E-state index in [0.717, 1.165) is 6.07 Å². The Morgan fingerprint density at radius 2 is 2.19 bits per heavy atom. The second-order valence-electron chi connectivity index (χ2n) is 2.70. The number of halogens is 3. The molecule has 1 aromatic rings. The van der Waals surface area contributed by atoms with Crippen LogP contribution in [0.25, 0.3) is 0 Å². The molecule has 0 bridgehead atoms. The molecular formula is C8H6F3N3O2. The van der Waals surface area contributed by atoms with Crippen LogP contribution < -0.4 is 10.5 Å². The number of hydrogen-bond donors (Lipinski definition) is 2. The smallest absolute Gasteiger partial charge is 0.402 e. The van der Waals surface area contributed by atoms with E-state index in [1.165, 1.54) is 0 Å². The maximum absolute atomic E-state index is 11.9. The Bertz CT molecular complexity index is 439. The van der Waals surface area contributed by atoms with Gasteiger partial charge in [-0.3, -0.25) is 0 Å². The molecule has 3 N–H and O–H groups in total. The summed E-state index contributed by atoms with van der Waals surface area (Å²) >= 11 is 0. The second kappa shape index (κ2) is 4.24. The minimum absolute atomic E-state index is 0.0871. The number of alkyl halides is 3. The number of nitrogens with two attached hydrogens (primary N) is 1. The number of aliphatic hydroxyl groups excluding tert-OH is 1. The molecule has 1 heterocycles. The van der Waals surface area contributed by atoms with Gasteiger partial charge >= 0.3 is 6.36 Å². The zero-order chi connectivity index (χ0) is 12.3. The minimum atomic E-state index is -4.91. The van der Waals surface area contributed by atoms with Crippen molar-refractivity contribution < 1.29 is 23.0 Å². The molecule has 0 unspecified atom stereocenters. The van der Waals surface area contributed by atoms with Crippen LogP contribution in [-0.2, 0) is 6.61 Å². The van der Waals surface area contributed by atoms with Crippen molar-refractivity contribution in [1.82, 2.24) is 4.98 Å². The number of pyridine rings is 1. The molecule has 1 aromatic heterocycles. The molecule has 0 saturated carbocycles. The number of ether oxygens (including phenoxy) is 1. The number of aliphatic hydroxyl groups is 1. The molecule has 0 aromatic carbocycles. The highest BCUT2D eigenvalue weighted by atomic mass is 19.4. The SMILES string of the molecule is N#Cc1nc(N)c(OC(F)(F)F)cc1CO. The van der Waals surface area contributed by atoms with Crippen LogP contribution in [0.5, 0.6) is 5.75 Å². The number of rotatable bonds is 2. The lowest BCUT2D eigenvalue weighted by molar-refractivity contribution is -0.274. The van der Waals surface area contributed by atoms with Gasteiger partial charge in [0.2, 0.25) is 0 Å². The first-order chi connectivity index (χ1) is 7.37. The summed E-state index contributed by atoms with van der Waals surface area (Å²) < 4.78 is 39.3. The Hall–Kier alpha value is -2.01. The van der Waals surface area contributed by atoms with Crippen molar-refractivity contribution in [2.24, 2.45) is 0 Å². The first-order valence-corrected chi connectivity index (χ1v) is 3.93. The molecular weight excluding hydrogens is 227 g/mol. The first kappa shape index (κ1) is 12.1. The third-order valence-electron chi connectivity index (χ3n) is 1.60. The standard InChI is InChI=1S/C8H6F3N3O2/c9-8(10,11)16-6-1-4(3-15)5(2-12)14-7(6)13/h1,15H,3H2,(H2,13,14). The predicted octanol–water partition coefficient (Wildman–Crippen LogP) is 0.926. The van der Waals surface area contributed by atoms with Crippen LogP contribution >= 0.6 is 0 Å². The number of hydrogen-bond acceptors (Lipinski definition) is 5. The van der Waals surface area contributed by atoms with E-state index < -0.39 is 24.5 Å². The zero-order valence-electron chi connectivity index (χ0n) is 7.75. The van der Waals surface area contributed by atoms with Gasteiger partial charge in [0.15, 0.2) is 11.6 Å². The molecule has 8 heteroatoms. The second-order valence-corrected chi connectivity index (χ2v) is 2.70. The fraction of sp³-hybridized carbons (Fsp3) is 0.250. The van der Waals surface area contributed by atoms with Crippen molar-refractivity contribution in [3.63, 3.8) is 0 Å². The van der Waals surface area contributed by atoms with Crippen LogP contribution in [-0.4, -0.2) is 16.5 Å². The molecule has 0 amide bonds. The summed E-state index contributed by atoms with van der Waals surface area (Å²) in [6.07, 6.45) is -4.91. The van der Waals surface area contributed by atoms with Gasteiger partial charge in [-0.1, -0.05) is 0 Å². The summed E-state index contributed by atoms with van der Waals surface area (Å²) in [5.41, 5.74) is 4.83. The molecule has 1 rings (SSSR count). The van der Waals surface area contributed by atoms with Gasteiger partial charge in [-0.2, -0.15) is 5.26 Å². The Labute approximate surface area is 87.9 Å². The van der Waals surface area contributed by atoms with Crippen LogP contribution in [0.1, 0.15) is 11.3 Å². The highest BCUT2D eigenvalue weighted by Gasteiger charge is 2.32. The van der Waals surface area contributed by atoms with Crippen molar-refractivity contribution in [2.75, 3.05) is 5.73 Å². The van der Waals surface area contributed by atoms with Crippen LogP contribution in [0.2, 0.25) is 0 Å². The largest absolute Gasteiger partial charge is 0.573 e. The Morgan fingerprint density at radius 1 is 1.56 bits per heavy atom. The minimum Gasteiger partial charge on any atom is -0.402 e. The quantitative estimate of drug-likeness (QED) is 0.792. The van der Waals surface area contributed by atoms with Crippen LogP contribution in [0, 0.1) is 11.3 Å². The van der Waals surface area contributed by atoms with Crippen LogP contribution in [0.3, 0.4) is 0 Å². The summed E-state index contributed by atoms with van der Waals surface area (Å²) in [5, 5.41) is 17.3. The van der Waals surface area contributed by atoms with Gasteiger partial charge in [0.1, 0.15) is 11.8 Å². The molecule has 0 radical (unpaired) electrons. The summed E-state index contributed by atoms with van der Waals surface area (Å²) in [6.45, 7) is -0.635. The maximum Gasteiger partial charge on any atom is 0.573 e. The Kier molecular flexibility index (Phi) is 3.20. The van der Waals surface area contributed by atoms with E-state index in [0.29, 0.717) is 0 Å². The average molecular weight is 233 g/mol. The van der Waals surface area contributed by atoms with Crippen molar-refractivity contribution in [2.45, 2.75) is 13.0 Å². The summed E-state index contributed by atoms with van der Waals surface area (Å²) in [4.78, 5) is 3.38. The van der Waals surface area contributed by atoms with Gasteiger partial charge in [-0.05, 0) is 6.07 Å². The first-order valence-electron chi connectivity index (χ1n) is 3.93. The topological polar surface area (TPSA) is 92.2 Å². The van der Waals surface area contributed by atoms with Gasteiger partial charge < -0.3 is 15.6 Å². The molecule has 0 aliphatic rings. The van der Waals surface area contributed by atoms with Crippen molar-refractivity contribution >= 4 is 5.82 Å². The molecule has 0 fully saturated rings. The van der Waals surface area contributed by atoms with Crippen LogP contribution in [0.4, 0.5) is 19.0 Å². The lowest BCUT2D eigenvalue weighted by atomic mass is 10.2. The third-order valence-corrected chi connectivity index (χ3v) is 1.60. The maximum atomic E-state index is 11.9. The summed E-state index contributed by atoms with van der Waals surface area (Å²) in [6, 6.07) is 2.42. The van der Waals surface area contributed by atoms with Crippen molar-refractivity contribution in [1.29, 1.82) is 5.26 Å². The molecule has 0 atom stereocenters. The van der Waals surface area contributed by atoms with E-state index in [4.69, 9.17) is 16.1 Å². The van der Waals surface area contributed by atoms with Crippen molar-refractivity contribution in [3.05, 3.63) is 17.3 Å². The van der Waals surface area contributed by atoms with Gasteiger partial charge in [-0.15, -0.1) is 13.2 Å². The lowest BCUT2D eigenvalue weighted by Crippen LogP contribution is -2.19. The van der Waals surface area contributed by atoms with E-state index in [1.54, 1.807) is 6.07 Å². The number of nitrogens with zero attached hydrogens (tertiary/aromatic N) is 2. The Morgan fingerprint density at radius 3 is 2.62 bits per heavy atom. The number of nitriles is 1. The fourth-order valence-electron chi connectivity index (χ4n) is 0.972. The van der Waals surface area contributed by atoms with E-state index in [2.05, 4.69) is 9.72 Å². The number of nitrogen functional groups attached to an aromatic ring is 1. The number of aromatic nitrogens is 1. The van der Waals surface area contributed by atoms with Gasteiger partial charge in [-0.25, -0.2) is 4.98 Å². The number of anilines is 1. The highest BCUT2D eigenvalue weighted by Crippen LogP contribution is 2.28. The molecule has 86 valence electrons. The predicted molar refractivity (Wildman–Crippen MR) is 46.0 cm³/mol. The van der Waals surface area contributed by atoms with E-state index in [-0.39, 0.29) is 11.3 Å². The summed E-state index contributed by atoms with van der Waals surface area (Å²) in [7, 11) is 0. The van der Waals surface area contributed by atoms with E-state index in [1.807, 2.05) is 0 Å². The molecule has 5 nitrogen and oxygen atoms in total. The van der Waals surface area contributed by atoms with Gasteiger partial charge in [0.25, 0.3) is 0 Å². The van der Waals surface area contributed by atoms with Gasteiger partial charge in [0, 0.05) is 5.56 Å². The fourth-order valence-corrected chi connectivity index (χ4v) is 0.972. The Balaban J connectivity index is 3.18. The van der Waals surface area contributed by atoms with Crippen molar-refractivity contribution in [3.8, 4) is 11.8 Å². The molecule has 0 aliphatic heterocycles. The normalized spacial score (nSPS) is 10.9. The molecule has 0 spiro atoms. The van der Waals surface area contributed by atoms with E-state index in [9.17, 15) is 13.2 Å². The monoisotopic (exact) mass is 233 g/mol. The average Bonchev–Trinajstić information content (AvgIpc) is 2.18.